The van der Waals surface area contributed by atoms with Gasteiger partial charge in [0.15, 0.2) is 0 Å². The normalized spacial score (nSPS) is 20.4. The molecular formula is C19H26F3N3O2. The van der Waals surface area contributed by atoms with E-state index in [4.69, 9.17) is 4.74 Å². The first-order chi connectivity index (χ1) is 12.5. The molecule has 2 saturated heterocycles. The highest BCUT2D eigenvalue weighted by Crippen LogP contribution is 2.41. The summed E-state index contributed by atoms with van der Waals surface area (Å²) in [5.74, 6) is 0. The lowest BCUT2D eigenvalue weighted by atomic mass is 9.72. The van der Waals surface area contributed by atoms with E-state index in [1.54, 1.807) is 11.0 Å². The third-order valence-electron chi connectivity index (χ3n) is 5.08. The maximum atomic E-state index is 12.8. The fourth-order valence-corrected chi connectivity index (χ4v) is 3.78. The first-order valence-corrected chi connectivity index (χ1v) is 9.19. The van der Waals surface area contributed by atoms with Crippen LogP contribution in [0.3, 0.4) is 0 Å². The molecule has 3 rings (SSSR count). The highest BCUT2D eigenvalue weighted by Gasteiger charge is 2.45. The van der Waals surface area contributed by atoms with E-state index in [1.807, 2.05) is 20.8 Å². The van der Waals surface area contributed by atoms with E-state index in [2.05, 4.69) is 9.88 Å². The smallest absolute Gasteiger partial charge is 0.433 e. The van der Waals surface area contributed by atoms with Crippen LogP contribution in [0.15, 0.2) is 18.2 Å². The fraction of sp³-hybridized carbons (Fsp3) is 0.684. The zero-order valence-electron chi connectivity index (χ0n) is 16.0. The average Bonchev–Trinajstić information content (AvgIpc) is 2.52. The molecule has 3 heterocycles. The first-order valence-electron chi connectivity index (χ1n) is 9.19. The number of piperidine rings is 1. The number of aromatic nitrogens is 1. The van der Waals surface area contributed by atoms with Gasteiger partial charge < -0.3 is 9.64 Å². The van der Waals surface area contributed by atoms with E-state index < -0.39 is 17.5 Å². The standard InChI is InChI=1S/C19H26F3N3O2/c1-17(2,3)27-16(26)25-9-7-18(8-10-25)12-24(13-18)11-14-5-4-6-15(23-14)19(20,21)22/h4-6H,7-13H2,1-3H3. The minimum Gasteiger partial charge on any atom is -0.444 e. The number of rotatable bonds is 2. The van der Waals surface area contributed by atoms with Crippen LogP contribution in [0.25, 0.3) is 0 Å². The fourth-order valence-electron chi connectivity index (χ4n) is 3.78. The molecule has 0 unspecified atom stereocenters. The van der Waals surface area contributed by atoms with Gasteiger partial charge in [0.25, 0.3) is 0 Å². The van der Waals surface area contributed by atoms with Gasteiger partial charge in [-0.15, -0.1) is 0 Å². The van der Waals surface area contributed by atoms with Crippen LogP contribution in [0.4, 0.5) is 18.0 Å². The van der Waals surface area contributed by atoms with E-state index in [0.29, 0.717) is 25.3 Å². The van der Waals surface area contributed by atoms with Crippen LogP contribution in [-0.2, 0) is 17.5 Å². The second kappa shape index (κ2) is 6.96. The molecule has 2 aliphatic heterocycles. The molecule has 0 radical (unpaired) electrons. The molecule has 1 aromatic heterocycles. The van der Waals surface area contributed by atoms with E-state index >= 15 is 0 Å². The minimum absolute atomic E-state index is 0.153. The van der Waals surface area contributed by atoms with Crippen molar-refractivity contribution in [2.45, 2.75) is 51.9 Å². The zero-order valence-corrected chi connectivity index (χ0v) is 16.0. The number of nitrogens with zero attached hydrogens (tertiary/aromatic N) is 3. The largest absolute Gasteiger partial charge is 0.444 e. The quantitative estimate of drug-likeness (QED) is 0.774. The van der Waals surface area contributed by atoms with Gasteiger partial charge >= 0.3 is 12.3 Å². The second-order valence-electron chi connectivity index (χ2n) is 8.62. The topological polar surface area (TPSA) is 45.7 Å². The molecule has 2 fully saturated rings. The van der Waals surface area contributed by atoms with Crippen LogP contribution in [0, 0.1) is 5.41 Å². The maximum Gasteiger partial charge on any atom is 0.433 e. The molecule has 1 spiro atoms. The van der Waals surface area contributed by atoms with E-state index in [-0.39, 0.29) is 11.5 Å². The molecule has 1 amide bonds. The Morgan fingerprint density at radius 1 is 1.19 bits per heavy atom. The van der Waals surface area contributed by atoms with Crippen LogP contribution >= 0.6 is 0 Å². The first kappa shape index (κ1) is 19.9. The molecule has 0 aliphatic carbocycles. The number of hydrogen-bond acceptors (Lipinski definition) is 4. The second-order valence-corrected chi connectivity index (χ2v) is 8.62. The molecule has 0 N–H and O–H groups in total. The third-order valence-corrected chi connectivity index (χ3v) is 5.08. The van der Waals surface area contributed by atoms with Gasteiger partial charge in [-0.05, 0) is 51.2 Å². The SMILES string of the molecule is CC(C)(C)OC(=O)N1CCC2(CC1)CN(Cc1cccc(C(F)(F)F)n1)C2. The monoisotopic (exact) mass is 385 g/mol. The molecule has 5 nitrogen and oxygen atoms in total. The molecule has 27 heavy (non-hydrogen) atoms. The number of hydrogen-bond donors (Lipinski definition) is 0. The Morgan fingerprint density at radius 3 is 2.37 bits per heavy atom. The van der Waals surface area contributed by atoms with Crippen molar-refractivity contribution in [3.63, 3.8) is 0 Å². The van der Waals surface area contributed by atoms with Gasteiger partial charge in [-0.1, -0.05) is 6.07 Å². The molecule has 8 heteroatoms. The molecule has 150 valence electrons. The molecule has 0 saturated carbocycles. The summed E-state index contributed by atoms with van der Waals surface area (Å²) in [4.78, 5) is 19.7. The summed E-state index contributed by atoms with van der Waals surface area (Å²) in [6.07, 6.45) is -2.92. The Labute approximate surface area is 157 Å². The number of halogens is 3. The molecular weight excluding hydrogens is 359 g/mol. The molecule has 2 aliphatic rings. The summed E-state index contributed by atoms with van der Waals surface area (Å²) in [6.45, 7) is 8.93. The highest BCUT2D eigenvalue weighted by molar-refractivity contribution is 5.68. The summed E-state index contributed by atoms with van der Waals surface area (Å²) >= 11 is 0. The summed E-state index contributed by atoms with van der Waals surface area (Å²) < 4.78 is 43.7. The number of likely N-dealkylation sites (tertiary alicyclic amines) is 2. The molecule has 0 atom stereocenters. The van der Waals surface area contributed by atoms with Gasteiger partial charge in [0.1, 0.15) is 11.3 Å². The van der Waals surface area contributed by atoms with Crippen molar-refractivity contribution in [2.24, 2.45) is 5.41 Å². The summed E-state index contributed by atoms with van der Waals surface area (Å²) in [5, 5.41) is 0. The van der Waals surface area contributed by atoms with Crippen molar-refractivity contribution < 1.29 is 22.7 Å². The summed E-state index contributed by atoms with van der Waals surface area (Å²) in [6, 6.07) is 4.03. The van der Waals surface area contributed by atoms with Crippen LogP contribution < -0.4 is 0 Å². The van der Waals surface area contributed by atoms with Gasteiger partial charge in [0.05, 0.1) is 5.69 Å². The van der Waals surface area contributed by atoms with Crippen molar-refractivity contribution in [1.82, 2.24) is 14.8 Å². The summed E-state index contributed by atoms with van der Waals surface area (Å²) in [7, 11) is 0. The van der Waals surface area contributed by atoms with Crippen LogP contribution in [0.1, 0.15) is 45.0 Å². The van der Waals surface area contributed by atoms with Crippen LogP contribution in [0.5, 0.6) is 0 Å². The van der Waals surface area contributed by atoms with Crippen molar-refractivity contribution in [2.75, 3.05) is 26.2 Å². The highest BCUT2D eigenvalue weighted by atomic mass is 19.4. The molecule has 0 bridgehead atoms. The van der Waals surface area contributed by atoms with Crippen molar-refractivity contribution in [1.29, 1.82) is 0 Å². The van der Waals surface area contributed by atoms with Crippen molar-refractivity contribution in [3.8, 4) is 0 Å². The number of amides is 1. The van der Waals surface area contributed by atoms with Crippen LogP contribution in [0.2, 0.25) is 0 Å². The van der Waals surface area contributed by atoms with Crippen molar-refractivity contribution in [3.05, 3.63) is 29.6 Å². The van der Waals surface area contributed by atoms with E-state index in [0.717, 1.165) is 32.0 Å². The Bertz CT molecular complexity index is 684. The lowest BCUT2D eigenvalue weighted by molar-refractivity contribution is -0.141. The van der Waals surface area contributed by atoms with Gasteiger partial charge in [0.2, 0.25) is 0 Å². The number of carbonyl (C=O) groups is 1. The third kappa shape index (κ3) is 4.91. The van der Waals surface area contributed by atoms with E-state index in [9.17, 15) is 18.0 Å². The number of carbonyl (C=O) groups excluding carboxylic acids is 1. The Kier molecular flexibility index (Phi) is 5.14. The van der Waals surface area contributed by atoms with Gasteiger partial charge in [0, 0.05) is 32.7 Å². The van der Waals surface area contributed by atoms with Gasteiger partial charge in [-0.25, -0.2) is 9.78 Å². The Balaban J connectivity index is 1.48. The number of alkyl halides is 3. The predicted molar refractivity (Wildman–Crippen MR) is 94.0 cm³/mol. The maximum absolute atomic E-state index is 12.8. The number of pyridine rings is 1. The van der Waals surface area contributed by atoms with Crippen LogP contribution in [-0.4, -0.2) is 52.7 Å². The minimum atomic E-state index is -4.42. The number of ether oxygens (including phenoxy) is 1. The predicted octanol–water partition coefficient (Wildman–Crippen LogP) is 3.93. The zero-order chi connectivity index (χ0) is 19.9. The lowest BCUT2D eigenvalue weighted by Gasteiger charge is -2.54. The lowest BCUT2D eigenvalue weighted by Crippen LogP contribution is -2.60. The molecule has 0 aromatic carbocycles. The van der Waals surface area contributed by atoms with Gasteiger partial charge in [-0.3, -0.25) is 4.90 Å². The van der Waals surface area contributed by atoms with Gasteiger partial charge in [-0.2, -0.15) is 13.2 Å². The Morgan fingerprint density at radius 2 is 1.81 bits per heavy atom. The average molecular weight is 385 g/mol. The Hall–Kier alpha value is -1.83. The van der Waals surface area contributed by atoms with Crippen molar-refractivity contribution >= 4 is 6.09 Å². The molecule has 1 aromatic rings. The summed E-state index contributed by atoms with van der Waals surface area (Å²) in [5.41, 5.74) is -0.760. The van der Waals surface area contributed by atoms with E-state index in [1.165, 1.54) is 6.07 Å².